The Morgan fingerprint density at radius 1 is 1.48 bits per heavy atom. The van der Waals surface area contributed by atoms with Gasteiger partial charge in [-0.15, -0.1) is 11.3 Å². The van der Waals surface area contributed by atoms with Crippen LogP contribution in [0.15, 0.2) is 24.5 Å². The topological polar surface area (TPSA) is 55.3 Å². The van der Waals surface area contributed by atoms with Crippen molar-refractivity contribution in [3.05, 3.63) is 40.1 Å². The number of aryl methyl sites for hydroxylation is 2. The average Bonchev–Trinajstić information content (AvgIpc) is 2.77. The molecule has 0 bridgehead atoms. The highest BCUT2D eigenvalue weighted by Crippen LogP contribution is 2.24. The Morgan fingerprint density at radius 3 is 2.90 bits per heavy atom. The lowest BCUT2D eigenvalue weighted by Gasteiger charge is -2.38. The summed E-state index contributed by atoms with van der Waals surface area (Å²) in [5.74, 6) is 1.26. The molecular weight excluding hydrogens is 286 g/mol. The molecule has 0 aromatic carbocycles. The van der Waals surface area contributed by atoms with E-state index in [-0.39, 0.29) is 5.91 Å². The van der Waals surface area contributed by atoms with Crippen molar-refractivity contribution in [2.45, 2.75) is 13.8 Å². The number of hydrogen-bond donors (Lipinski definition) is 0. The molecule has 1 aliphatic heterocycles. The lowest BCUT2D eigenvalue weighted by molar-refractivity contribution is 0.0396. The van der Waals surface area contributed by atoms with Gasteiger partial charge in [-0.05, 0) is 26.0 Å². The number of thiazole rings is 1. The minimum Gasteiger partial charge on any atom is -0.492 e. The smallest absolute Gasteiger partial charge is 0.265 e. The van der Waals surface area contributed by atoms with E-state index in [1.807, 2.05) is 30.9 Å². The summed E-state index contributed by atoms with van der Waals surface area (Å²) in [6.45, 7) is 5.93. The van der Waals surface area contributed by atoms with E-state index in [0.717, 1.165) is 34.4 Å². The van der Waals surface area contributed by atoms with Gasteiger partial charge in [0, 0.05) is 25.2 Å². The third-order valence-electron chi connectivity index (χ3n) is 3.46. The first-order valence-electron chi connectivity index (χ1n) is 6.89. The van der Waals surface area contributed by atoms with Gasteiger partial charge in [0.05, 0.1) is 23.5 Å². The summed E-state index contributed by atoms with van der Waals surface area (Å²) in [7, 11) is 0. The van der Waals surface area contributed by atoms with Crippen molar-refractivity contribution >= 4 is 17.2 Å². The number of nitrogens with zero attached hydrogens (tertiary/aromatic N) is 3. The summed E-state index contributed by atoms with van der Waals surface area (Å²) in [5.41, 5.74) is 0.831. The van der Waals surface area contributed by atoms with Gasteiger partial charge < -0.3 is 9.64 Å². The minimum atomic E-state index is 0.0933. The Bertz CT molecular complexity index is 636. The van der Waals surface area contributed by atoms with E-state index < -0.39 is 0 Å². The summed E-state index contributed by atoms with van der Waals surface area (Å²) < 4.78 is 5.66. The quantitative estimate of drug-likeness (QED) is 0.869. The standard InChI is InChI=1S/C15H17N3O2S/c1-10-14(21-11(2)17-10)15(19)18-7-12(8-18)9-20-13-4-3-5-16-6-13/h3-6,12H,7-9H2,1-2H3. The number of carbonyl (C=O) groups is 1. The van der Waals surface area contributed by atoms with Crippen LogP contribution in [0.3, 0.4) is 0 Å². The molecule has 0 unspecified atom stereocenters. The summed E-state index contributed by atoms with van der Waals surface area (Å²) in [5, 5.41) is 0.938. The van der Waals surface area contributed by atoms with Crippen molar-refractivity contribution < 1.29 is 9.53 Å². The zero-order chi connectivity index (χ0) is 14.8. The lowest BCUT2D eigenvalue weighted by atomic mass is 10.0. The molecule has 2 aromatic heterocycles. The van der Waals surface area contributed by atoms with Crippen LogP contribution in [0.25, 0.3) is 0 Å². The highest BCUT2D eigenvalue weighted by Gasteiger charge is 2.33. The number of ether oxygens (including phenoxy) is 1. The second kappa shape index (κ2) is 5.81. The molecule has 1 amide bonds. The monoisotopic (exact) mass is 303 g/mol. The summed E-state index contributed by atoms with van der Waals surface area (Å²) in [4.78, 5) is 23.3. The van der Waals surface area contributed by atoms with Gasteiger partial charge in [0.25, 0.3) is 5.91 Å². The van der Waals surface area contributed by atoms with Crippen LogP contribution in [0.5, 0.6) is 5.75 Å². The third kappa shape index (κ3) is 3.05. The van der Waals surface area contributed by atoms with Gasteiger partial charge in [-0.2, -0.15) is 0 Å². The molecule has 2 aromatic rings. The number of carbonyl (C=O) groups excluding carboxylic acids is 1. The van der Waals surface area contributed by atoms with Gasteiger partial charge in [0.15, 0.2) is 0 Å². The molecule has 6 heteroatoms. The van der Waals surface area contributed by atoms with Crippen LogP contribution in [-0.2, 0) is 0 Å². The van der Waals surface area contributed by atoms with Crippen molar-refractivity contribution in [1.29, 1.82) is 0 Å². The van der Waals surface area contributed by atoms with E-state index in [4.69, 9.17) is 4.74 Å². The Balaban J connectivity index is 1.49. The first-order chi connectivity index (χ1) is 10.1. The third-order valence-corrected chi connectivity index (χ3v) is 4.52. The molecule has 1 aliphatic rings. The molecule has 1 fully saturated rings. The summed E-state index contributed by atoms with van der Waals surface area (Å²) in [6, 6.07) is 3.74. The van der Waals surface area contributed by atoms with Crippen molar-refractivity contribution in [1.82, 2.24) is 14.9 Å². The van der Waals surface area contributed by atoms with E-state index in [1.165, 1.54) is 11.3 Å². The number of likely N-dealkylation sites (tertiary alicyclic amines) is 1. The minimum absolute atomic E-state index is 0.0933. The van der Waals surface area contributed by atoms with Crippen LogP contribution < -0.4 is 4.74 Å². The molecule has 0 aliphatic carbocycles. The van der Waals surface area contributed by atoms with Gasteiger partial charge in [-0.3, -0.25) is 9.78 Å². The van der Waals surface area contributed by atoms with Crippen LogP contribution >= 0.6 is 11.3 Å². The zero-order valence-corrected chi connectivity index (χ0v) is 12.9. The normalized spacial score (nSPS) is 14.9. The zero-order valence-electron chi connectivity index (χ0n) is 12.1. The second-order valence-electron chi connectivity index (χ2n) is 5.22. The van der Waals surface area contributed by atoms with Crippen molar-refractivity contribution in [2.75, 3.05) is 19.7 Å². The first-order valence-corrected chi connectivity index (χ1v) is 7.71. The molecule has 0 atom stereocenters. The maximum Gasteiger partial charge on any atom is 0.265 e. The van der Waals surface area contributed by atoms with Crippen LogP contribution in [0.2, 0.25) is 0 Å². The molecule has 5 nitrogen and oxygen atoms in total. The van der Waals surface area contributed by atoms with Gasteiger partial charge in [-0.25, -0.2) is 4.98 Å². The van der Waals surface area contributed by atoms with Crippen molar-refractivity contribution in [3.63, 3.8) is 0 Å². The fourth-order valence-corrected chi connectivity index (χ4v) is 3.25. The predicted molar refractivity (Wildman–Crippen MR) is 80.7 cm³/mol. The summed E-state index contributed by atoms with van der Waals surface area (Å²) >= 11 is 1.47. The largest absolute Gasteiger partial charge is 0.492 e. The first kappa shape index (κ1) is 14.0. The van der Waals surface area contributed by atoms with Crippen LogP contribution in [0.1, 0.15) is 20.4 Å². The maximum absolute atomic E-state index is 12.3. The van der Waals surface area contributed by atoms with Crippen LogP contribution in [0, 0.1) is 19.8 Å². The number of rotatable bonds is 4. The highest BCUT2D eigenvalue weighted by atomic mass is 32.1. The lowest BCUT2D eigenvalue weighted by Crippen LogP contribution is -2.52. The highest BCUT2D eigenvalue weighted by molar-refractivity contribution is 7.13. The number of aromatic nitrogens is 2. The Kier molecular flexibility index (Phi) is 3.88. The fourth-order valence-electron chi connectivity index (χ4n) is 2.36. The summed E-state index contributed by atoms with van der Waals surface area (Å²) in [6.07, 6.45) is 3.42. The van der Waals surface area contributed by atoms with E-state index in [2.05, 4.69) is 9.97 Å². The van der Waals surface area contributed by atoms with E-state index in [0.29, 0.717) is 12.5 Å². The Morgan fingerprint density at radius 2 is 2.29 bits per heavy atom. The van der Waals surface area contributed by atoms with Crippen LogP contribution in [-0.4, -0.2) is 40.5 Å². The number of pyridine rings is 1. The van der Waals surface area contributed by atoms with E-state index in [1.54, 1.807) is 12.4 Å². The second-order valence-corrected chi connectivity index (χ2v) is 6.43. The molecule has 1 saturated heterocycles. The molecule has 0 saturated carbocycles. The molecule has 0 spiro atoms. The van der Waals surface area contributed by atoms with E-state index >= 15 is 0 Å². The van der Waals surface area contributed by atoms with Gasteiger partial charge in [0.1, 0.15) is 10.6 Å². The number of hydrogen-bond acceptors (Lipinski definition) is 5. The fraction of sp³-hybridized carbons (Fsp3) is 0.400. The molecule has 0 N–H and O–H groups in total. The molecular formula is C15H17N3O2S. The maximum atomic E-state index is 12.3. The van der Waals surface area contributed by atoms with Gasteiger partial charge >= 0.3 is 0 Å². The molecule has 3 heterocycles. The average molecular weight is 303 g/mol. The molecule has 21 heavy (non-hydrogen) atoms. The van der Waals surface area contributed by atoms with E-state index in [9.17, 15) is 4.79 Å². The number of amides is 1. The molecule has 0 radical (unpaired) electrons. The van der Waals surface area contributed by atoms with Gasteiger partial charge in [0.2, 0.25) is 0 Å². The molecule has 110 valence electrons. The Hall–Kier alpha value is -1.95. The van der Waals surface area contributed by atoms with Crippen LogP contribution in [0.4, 0.5) is 0 Å². The SMILES string of the molecule is Cc1nc(C)c(C(=O)N2CC(COc3cccnc3)C2)s1. The van der Waals surface area contributed by atoms with Crippen molar-refractivity contribution in [2.24, 2.45) is 5.92 Å². The van der Waals surface area contributed by atoms with Gasteiger partial charge in [-0.1, -0.05) is 0 Å². The molecule has 3 rings (SSSR count). The Labute approximate surface area is 127 Å². The predicted octanol–water partition coefficient (Wildman–Crippen LogP) is 2.31. The van der Waals surface area contributed by atoms with Crippen molar-refractivity contribution in [3.8, 4) is 5.75 Å².